The van der Waals surface area contributed by atoms with Gasteiger partial charge in [0, 0.05) is 10.6 Å². The molecule has 0 aliphatic carbocycles. The molecule has 0 amide bonds. The van der Waals surface area contributed by atoms with Crippen LogP contribution in [0.25, 0.3) is 5.82 Å². The number of H-pyrrole nitrogens is 1. The van der Waals surface area contributed by atoms with Crippen LogP contribution < -0.4 is 5.73 Å². The van der Waals surface area contributed by atoms with E-state index < -0.39 is 18.0 Å². The number of aromatic nitrogens is 4. The minimum absolute atomic E-state index is 0.0176. The third-order valence-electron chi connectivity index (χ3n) is 4.83. The molecule has 11 heteroatoms. The first-order valence-corrected chi connectivity index (χ1v) is 9.27. The third kappa shape index (κ3) is 3.11. The number of carbonyl (C=O) groups excluding carboxylic acids is 1. The number of carbonyl (C=O) groups is 2. The van der Waals surface area contributed by atoms with Gasteiger partial charge in [-0.2, -0.15) is 0 Å². The SMILES string of the molecule is COC(=O)C[C@@H]1N=C(c2ccc(Cl)cc2)c2c([nH]c(C(=O)O)c2N)-n2c(C)nnc21. The normalized spacial score (nSPS) is 15.0. The number of hydrogen-bond donors (Lipinski definition) is 3. The number of methoxy groups -OCH3 is 1. The van der Waals surface area contributed by atoms with Crippen molar-refractivity contribution in [3.8, 4) is 5.82 Å². The number of hydrogen-bond acceptors (Lipinski definition) is 7. The first-order valence-electron chi connectivity index (χ1n) is 8.89. The highest BCUT2D eigenvalue weighted by Gasteiger charge is 2.34. The number of aryl methyl sites for hydroxylation is 1. The van der Waals surface area contributed by atoms with Gasteiger partial charge in [-0.25, -0.2) is 4.79 Å². The molecule has 0 saturated carbocycles. The molecule has 1 aliphatic heterocycles. The minimum atomic E-state index is -1.21. The fourth-order valence-corrected chi connectivity index (χ4v) is 3.56. The van der Waals surface area contributed by atoms with Crippen molar-refractivity contribution in [2.24, 2.45) is 4.99 Å². The number of ether oxygens (including phenoxy) is 1. The van der Waals surface area contributed by atoms with Gasteiger partial charge in [0.2, 0.25) is 0 Å². The summed E-state index contributed by atoms with van der Waals surface area (Å²) in [5.74, 6) is -0.484. The van der Waals surface area contributed by atoms with Gasteiger partial charge < -0.3 is 20.6 Å². The fourth-order valence-electron chi connectivity index (χ4n) is 3.43. The van der Waals surface area contributed by atoms with Crippen molar-refractivity contribution in [2.45, 2.75) is 19.4 Å². The van der Waals surface area contributed by atoms with Crippen molar-refractivity contribution >= 4 is 34.9 Å². The Labute approximate surface area is 175 Å². The summed E-state index contributed by atoms with van der Waals surface area (Å²) < 4.78 is 6.44. The van der Waals surface area contributed by atoms with Gasteiger partial charge in [-0.15, -0.1) is 10.2 Å². The molecule has 4 N–H and O–H groups in total. The van der Waals surface area contributed by atoms with E-state index in [0.717, 1.165) is 0 Å². The van der Waals surface area contributed by atoms with Crippen LogP contribution in [0.4, 0.5) is 5.69 Å². The van der Waals surface area contributed by atoms with Gasteiger partial charge in [-0.3, -0.25) is 14.4 Å². The van der Waals surface area contributed by atoms with Crippen molar-refractivity contribution in [2.75, 3.05) is 12.8 Å². The monoisotopic (exact) mass is 428 g/mol. The first-order chi connectivity index (χ1) is 14.3. The van der Waals surface area contributed by atoms with E-state index in [9.17, 15) is 14.7 Å². The number of nitrogen functional groups attached to an aromatic ring is 1. The maximum Gasteiger partial charge on any atom is 0.354 e. The van der Waals surface area contributed by atoms with Crippen molar-refractivity contribution in [1.29, 1.82) is 0 Å². The summed E-state index contributed by atoms with van der Waals surface area (Å²) in [5, 5.41) is 18.4. The maximum absolute atomic E-state index is 12.0. The van der Waals surface area contributed by atoms with Crippen molar-refractivity contribution < 1.29 is 19.4 Å². The van der Waals surface area contributed by atoms with E-state index in [0.29, 0.717) is 39.3 Å². The molecule has 0 spiro atoms. The highest BCUT2D eigenvalue weighted by molar-refractivity contribution is 6.30. The fraction of sp³-hybridized carbons (Fsp3) is 0.211. The van der Waals surface area contributed by atoms with Gasteiger partial charge in [0.05, 0.1) is 30.5 Å². The summed E-state index contributed by atoms with van der Waals surface area (Å²) in [6.45, 7) is 1.71. The molecule has 4 rings (SSSR count). The zero-order chi connectivity index (χ0) is 21.6. The quantitative estimate of drug-likeness (QED) is 0.539. The Morgan fingerprint density at radius 3 is 2.63 bits per heavy atom. The molecule has 3 heterocycles. The number of nitrogens with two attached hydrogens (primary N) is 1. The summed E-state index contributed by atoms with van der Waals surface area (Å²) in [6, 6.07) is 6.13. The number of nitrogens with one attached hydrogen (secondary N) is 1. The summed E-state index contributed by atoms with van der Waals surface area (Å²) in [7, 11) is 1.29. The Hall–Kier alpha value is -3.66. The van der Waals surface area contributed by atoms with Gasteiger partial charge in [0.15, 0.2) is 5.82 Å². The van der Waals surface area contributed by atoms with Crippen LogP contribution in [0, 0.1) is 6.92 Å². The molecule has 10 nitrogen and oxygen atoms in total. The maximum atomic E-state index is 12.0. The number of carboxylic acids is 1. The summed E-state index contributed by atoms with van der Waals surface area (Å²) in [6.07, 6.45) is -0.0817. The second kappa shape index (κ2) is 7.30. The standard InChI is InChI=1S/C19H17ClN6O4/c1-8-24-25-17-11(7-12(27)30-2)22-15(9-3-5-10(20)6-4-9)13-14(21)16(19(28)29)23-18(13)26(8)17/h3-6,11,23H,7,21H2,1-2H3,(H,28,29)/t11-/m0/s1. The smallest absolute Gasteiger partial charge is 0.354 e. The van der Waals surface area contributed by atoms with Crippen LogP contribution in [-0.2, 0) is 9.53 Å². The van der Waals surface area contributed by atoms with Crippen molar-refractivity contribution in [1.82, 2.24) is 19.7 Å². The Morgan fingerprint density at radius 1 is 1.30 bits per heavy atom. The average Bonchev–Trinajstić information content (AvgIpc) is 3.21. The lowest BCUT2D eigenvalue weighted by Crippen LogP contribution is -2.13. The summed E-state index contributed by atoms with van der Waals surface area (Å²) in [5.41, 5.74) is 7.51. The molecule has 0 bridgehead atoms. The topological polar surface area (TPSA) is 148 Å². The second-order valence-electron chi connectivity index (χ2n) is 6.66. The van der Waals surface area contributed by atoms with Gasteiger partial charge in [-0.05, 0) is 19.1 Å². The van der Waals surface area contributed by atoms with Crippen LogP contribution in [0.5, 0.6) is 0 Å². The van der Waals surface area contributed by atoms with Crippen LogP contribution in [0.15, 0.2) is 29.3 Å². The number of esters is 1. The molecule has 3 aromatic rings. The van der Waals surface area contributed by atoms with E-state index in [1.165, 1.54) is 7.11 Å². The molecule has 1 atom stereocenters. The minimum Gasteiger partial charge on any atom is -0.477 e. The van der Waals surface area contributed by atoms with E-state index in [4.69, 9.17) is 27.1 Å². The number of aromatic carboxylic acids is 1. The summed E-state index contributed by atoms with van der Waals surface area (Å²) >= 11 is 6.02. The first kappa shape index (κ1) is 19.6. The Bertz CT molecular complexity index is 1190. The Morgan fingerprint density at radius 2 is 2.00 bits per heavy atom. The van der Waals surface area contributed by atoms with Gasteiger partial charge >= 0.3 is 11.9 Å². The molecule has 0 saturated heterocycles. The zero-order valence-corrected chi connectivity index (χ0v) is 16.8. The van der Waals surface area contributed by atoms with E-state index >= 15 is 0 Å². The molecule has 1 aromatic carbocycles. The van der Waals surface area contributed by atoms with E-state index in [1.54, 1.807) is 35.8 Å². The Kier molecular flexibility index (Phi) is 4.78. The molecular formula is C19H17ClN6O4. The predicted molar refractivity (Wildman–Crippen MR) is 108 cm³/mol. The van der Waals surface area contributed by atoms with Crippen LogP contribution in [-0.4, -0.2) is 49.6 Å². The van der Waals surface area contributed by atoms with Crippen LogP contribution in [0.1, 0.15) is 45.7 Å². The van der Waals surface area contributed by atoms with E-state index in [-0.39, 0.29) is 17.8 Å². The molecule has 1 aliphatic rings. The van der Waals surface area contributed by atoms with Gasteiger partial charge in [0.1, 0.15) is 23.4 Å². The molecular weight excluding hydrogens is 412 g/mol. The molecule has 0 fully saturated rings. The number of fused-ring (bicyclic) bond motifs is 3. The largest absolute Gasteiger partial charge is 0.477 e. The number of aliphatic imine (C=N–C) groups is 1. The molecule has 0 radical (unpaired) electrons. The Balaban J connectivity index is 2.04. The molecule has 0 unspecified atom stereocenters. The summed E-state index contributed by atoms with van der Waals surface area (Å²) in [4.78, 5) is 31.4. The third-order valence-corrected chi connectivity index (χ3v) is 5.08. The number of rotatable bonds is 4. The highest BCUT2D eigenvalue weighted by Crippen LogP contribution is 2.36. The van der Waals surface area contributed by atoms with Gasteiger partial charge in [0.25, 0.3) is 0 Å². The number of carboxylic acid groups (broad SMARTS) is 1. The number of anilines is 1. The van der Waals surface area contributed by atoms with Crippen molar-refractivity contribution in [3.63, 3.8) is 0 Å². The number of halogens is 1. The molecule has 30 heavy (non-hydrogen) atoms. The average molecular weight is 429 g/mol. The van der Waals surface area contributed by atoms with E-state index in [2.05, 4.69) is 15.2 Å². The van der Waals surface area contributed by atoms with Crippen molar-refractivity contribution in [3.05, 3.63) is 57.8 Å². The highest BCUT2D eigenvalue weighted by atomic mass is 35.5. The molecule has 154 valence electrons. The zero-order valence-electron chi connectivity index (χ0n) is 16.0. The second-order valence-corrected chi connectivity index (χ2v) is 7.10. The number of nitrogens with zero attached hydrogens (tertiary/aromatic N) is 4. The lowest BCUT2D eigenvalue weighted by Gasteiger charge is -2.11. The van der Waals surface area contributed by atoms with Gasteiger partial charge in [-0.1, -0.05) is 23.7 Å². The lowest BCUT2D eigenvalue weighted by molar-refractivity contribution is -0.141. The van der Waals surface area contributed by atoms with Crippen LogP contribution in [0.2, 0.25) is 5.02 Å². The predicted octanol–water partition coefficient (Wildman–Crippen LogP) is 2.29. The number of aromatic amines is 1. The van der Waals surface area contributed by atoms with Crippen LogP contribution >= 0.6 is 11.6 Å². The molecule has 2 aromatic heterocycles. The van der Waals surface area contributed by atoms with Crippen LogP contribution in [0.3, 0.4) is 0 Å². The number of benzene rings is 1. The lowest BCUT2D eigenvalue weighted by atomic mass is 10.0. The van der Waals surface area contributed by atoms with E-state index in [1.807, 2.05) is 0 Å².